The van der Waals surface area contributed by atoms with E-state index in [1.807, 2.05) is 35.7 Å². The third-order valence-electron chi connectivity index (χ3n) is 5.70. The van der Waals surface area contributed by atoms with Crippen LogP contribution in [0.2, 0.25) is 5.02 Å². The number of halogens is 3. The van der Waals surface area contributed by atoms with Crippen molar-refractivity contribution in [2.24, 2.45) is 0 Å². The lowest BCUT2D eigenvalue weighted by molar-refractivity contribution is 0.0984. The minimum absolute atomic E-state index is 0.134. The van der Waals surface area contributed by atoms with Gasteiger partial charge in [0.15, 0.2) is 11.6 Å². The van der Waals surface area contributed by atoms with Crippen LogP contribution in [0.4, 0.5) is 20.2 Å². The number of nitrogens with one attached hydrogen (secondary N) is 1. The van der Waals surface area contributed by atoms with Gasteiger partial charge in [0.25, 0.3) is 11.8 Å². The molecule has 1 aromatic heterocycles. The highest BCUT2D eigenvalue weighted by Crippen LogP contribution is 2.35. The first kappa shape index (κ1) is 22.3. The van der Waals surface area contributed by atoms with Crippen molar-refractivity contribution in [2.75, 3.05) is 10.2 Å². The van der Waals surface area contributed by atoms with E-state index in [0.717, 1.165) is 29.3 Å². The molecule has 34 heavy (non-hydrogen) atoms. The Morgan fingerprint density at radius 3 is 2.59 bits per heavy atom. The number of hydrogen-bond acceptors (Lipinski definition) is 3. The second-order valence-corrected chi connectivity index (χ2v) is 9.22. The molecule has 0 spiro atoms. The van der Waals surface area contributed by atoms with Crippen molar-refractivity contribution in [3.05, 3.63) is 116 Å². The van der Waals surface area contributed by atoms with Crippen molar-refractivity contribution in [3.63, 3.8) is 0 Å². The highest BCUT2D eigenvalue weighted by Gasteiger charge is 2.27. The number of fused-ring (bicyclic) bond motifs is 2. The second-order valence-electron chi connectivity index (χ2n) is 7.82. The van der Waals surface area contributed by atoms with Gasteiger partial charge in [-0.2, -0.15) is 0 Å². The quantitative estimate of drug-likeness (QED) is 0.345. The molecule has 0 aliphatic carbocycles. The highest BCUT2D eigenvalue weighted by atomic mass is 35.5. The van der Waals surface area contributed by atoms with Crippen molar-refractivity contribution >= 4 is 46.1 Å². The summed E-state index contributed by atoms with van der Waals surface area (Å²) in [6.45, 7) is 0.419. The Balaban J connectivity index is 1.43. The van der Waals surface area contributed by atoms with Gasteiger partial charge in [-0.3, -0.25) is 9.59 Å². The summed E-state index contributed by atoms with van der Waals surface area (Å²) in [7, 11) is 0. The Bertz CT molecular complexity index is 1440. The average molecular weight is 495 g/mol. The molecule has 2 heterocycles. The van der Waals surface area contributed by atoms with Gasteiger partial charge in [0, 0.05) is 22.7 Å². The molecule has 0 bridgehead atoms. The molecule has 8 heteroatoms. The summed E-state index contributed by atoms with van der Waals surface area (Å²) in [6, 6.07) is 17.6. The van der Waals surface area contributed by atoms with Gasteiger partial charge in [-0.25, -0.2) is 8.78 Å². The molecule has 0 unspecified atom stereocenters. The molecular formula is C26H17ClF2N2O2S. The zero-order chi connectivity index (χ0) is 23.8. The summed E-state index contributed by atoms with van der Waals surface area (Å²) in [6.07, 6.45) is 0.752. The predicted octanol–water partition coefficient (Wildman–Crippen LogP) is 6.68. The molecule has 1 aliphatic rings. The SMILES string of the molecule is O=C(Nc1ccc(C(=O)N2Cc3ccsc3Cc3ccccc32)c(Cl)c1)c1cccc(F)c1F. The number of carbonyl (C=O) groups is 2. The van der Waals surface area contributed by atoms with Gasteiger partial charge in [0.2, 0.25) is 0 Å². The summed E-state index contributed by atoms with van der Waals surface area (Å²) in [5, 5.41) is 4.65. The van der Waals surface area contributed by atoms with E-state index in [1.54, 1.807) is 16.2 Å². The normalized spacial score (nSPS) is 12.5. The number of amides is 2. The van der Waals surface area contributed by atoms with Gasteiger partial charge in [-0.05, 0) is 59.0 Å². The molecule has 170 valence electrons. The van der Waals surface area contributed by atoms with E-state index < -0.39 is 23.1 Å². The fourth-order valence-electron chi connectivity index (χ4n) is 3.99. The lowest BCUT2D eigenvalue weighted by Crippen LogP contribution is -2.30. The molecule has 0 saturated heterocycles. The summed E-state index contributed by atoms with van der Waals surface area (Å²) in [5.41, 5.74) is 3.06. The fourth-order valence-corrected chi connectivity index (χ4v) is 5.17. The number of carbonyl (C=O) groups excluding carboxylic acids is 2. The summed E-state index contributed by atoms with van der Waals surface area (Å²) < 4.78 is 27.4. The van der Waals surface area contributed by atoms with Crippen LogP contribution < -0.4 is 10.2 Å². The highest BCUT2D eigenvalue weighted by molar-refractivity contribution is 7.10. The zero-order valence-electron chi connectivity index (χ0n) is 17.6. The maximum Gasteiger partial charge on any atom is 0.260 e. The van der Waals surface area contributed by atoms with Gasteiger partial charge in [0.1, 0.15) is 0 Å². The van der Waals surface area contributed by atoms with Gasteiger partial charge in [-0.15, -0.1) is 11.3 Å². The van der Waals surface area contributed by atoms with E-state index in [4.69, 9.17) is 11.6 Å². The topological polar surface area (TPSA) is 49.4 Å². The van der Waals surface area contributed by atoms with Crippen molar-refractivity contribution in [1.82, 2.24) is 0 Å². The Hall–Kier alpha value is -3.55. The lowest BCUT2D eigenvalue weighted by atomic mass is 10.1. The third-order valence-corrected chi connectivity index (χ3v) is 6.97. The van der Waals surface area contributed by atoms with Crippen molar-refractivity contribution < 1.29 is 18.4 Å². The number of rotatable bonds is 3. The van der Waals surface area contributed by atoms with E-state index in [2.05, 4.69) is 5.32 Å². The molecule has 0 fully saturated rings. The molecule has 5 rings (SSSR count). The van der Waals surface area contributed by atoms with E-state index >= 15 is 0 Å². The molecule has 3 aromatic carbocycles. The Labute approximate surface area is 203 Å². The minimum atomic E-state index is -1.23. The molecule has 1 aliphatic heterocycles. The largest absolute Gasteiger partial charge is 0.322 e. The van der Waals surface area contributed by atoms with Gasteiger partial charge in [0.05, 0.1) is 22.7 Å². The Kier molecular flexibility index (Phi) is 5.89. The number of anilines is 2. The van der Waals surface area contributed by atoms with Crippen LogP contribution in [0.1, 0.15) is 36.7 Å². The smallest absolute Gasteiger partial charge is 0.260 e. The summed E-state index contributed by atoms with van der Waals surface area (Å²) in [5.74, 6) is -3.44. The van der Waals surface area contributed by atoms with Crippen molar-refractivity contribution in [1.29, 1.82) is 0 Å². The monoisotopic (exact) mass is 494 g/mol. The van der Waals surface area contributed by atoms with E-state index in [9.17, 15) is 18.4 Å². The van der Waals surface area contributed by atoms with Gasteiger partial charge >= 0.3 is 0 Å². The molecule has 4 nitrogen and oxygen atoms in total. The van der Waals surface area contributed by atoms with Crippen LogP contribution >= 0.6 is 22.9 Å². The first-order chi connectivity index (χ1) is 16.4. The fraction of sp³-hybridized carbons (Fsp3) is 0.0769. The standard InChI is InChI=1S/C26H17ClF2N2O2S/c27-20-13-17(30-25(32)19-5-3-6-21(28)24(19)29)8-9-18(20)26(33)31-14-16-10-11-34-23(16)12-15-4-1-2-7-22(15)31/h1-11,13H,12,14H2,(H,30,32). The van der Waals surface area contributed by atoms with E-state index in [0.29, 0.717) is 6.54 Å². The number of para-hydroxylation sites is 1. The Morgan fingerprint density at radius 2 is 1.76 bits per heavy atom. The number of nitrogens with zero attached hydrogens (tertiary/aromatic N) is 1. The predicted molar refractivity (Wildman–Crippen MR) is 130 cm³/mol. The molecule has 2 amide bonds. The maximum absolute atomic E-state index is 13.9. The minimum Gasteiger partial charge on any atom is -0.322 e. The zero-order valence-corrected chi connectivity index (χ0v) is 19.2. The maximum atomic E-state index is 13.9. The summed E-state index contributed by atoms with van der Waals surface area (Å²) in [4.78, 5) is 28.9. The molecule has 4 aromatic rings. The number of benzene rings is 3. The van der Waals surface area contributed by atoms with Crippen molar-refractivity contribution in [2.45, 2.75) is 13.0 Å². The van der Waals surface area contributed by atoms with Crippen LogP contribution in [0.15, 0.2) is 72.1 Å². The average Bonchev–Trinajstić information content (AvgIpc) is 3.19. The van der Waals surface area contributed by atoms with Crippen LogP contribution in [0.5, 0.6) is 0 Å². The molecule has 1 N–H and O–H groups in total. The number of hydrogen-bond donors (Lipinski definition) is 1. The molecule has 0 atom stereocenters. The van der Waals surface area contributed by atoms with Crippen LogP contribution in [0.25, 0.3) is 0 Å². The van der Waals surface area contributed by atoms with Gasteiger partial charge in [-0.1, -0.05) is 35.9 Å². The third kappa shape index (κ3) is 4.08. The van der Waals surface area contributed by atoms with Crippen LogP contribution in [-0.4, -0.2) is 11.8 Å². The summed E-state index contributed by atoms with van der Waals surface area (Å²) >= 11 is 8.11. The first-order valence-corrected chi connectivity index (χ1v) is 11.7. The van der Waals surface area contributed by atoms with Crippen LogP contribution in [-0.2, 0) is 13.0 Å². The van der Waals surface area contributed by atoms with E-state index in [-0.39, 0.29) is 22.2 Å². The van der Waals surface area contributed by atoms with Gasteiger partial charge < -0.3 is 10.2 Å². The lowest BCUT2D eigenvalue weighted by Gasteiger charge is -2.24. The molecular weight excluding hydrogens is 478 g/mol. The molecule has 0 saturated carbocycles. The molecule has 0 radical (unpaired) electrons. The number of thiophene rings is 1. The first-order valence-electron chi connectivity index (χ1n) is 10.4. The van der Waals surface area contributed by atoms with E-state index in [1.165, 1.54) is 35.2 Å². The second kappa shape index (κ2) is 9.00. The Morgan fingerprint density at radius 1 is 0.941 bits per heavy atom. The van der Waals surface area contributed by atoms with Crippen molar-refractivity contribution in [3.8, 4) is 0 Å². The van der Waals surface area contributed by atoms with Crippen LogP contribution in [0.3, 0.4) is 0 Å². The van der Waals surface area contributed by atoms with Crippen LogP contribution in [0, 0.1) is 11.6 Å².